The number of aliphatic carboxylic acids is 1. The number of allylic oxidation sites excluding steroid dienone is 1. The number of ether oxygens (including phenoxy) is 2. The van der Waals surface area contributed by atoms with Gasteiger partial charge in [0.2, 0.25) is 5.12 Å². The zero-order valence-corrected chi connectivity index (χ0v) is 13.8. The molecule has 1 rings (SSSR count). The summed E-state index contributed by atoms with van der Waals surface area (Å²) >= 11 is 1.22. The van der Waals surface area contributed by atoms with Crippen LogP contribution in [0.25, 0.3) is 0 Å². The number of hydrogen-bond acceptors (Lipinski definition) is 6. The Morgan fingerprint density at radius 3 is 2.59 bits per heavy atom. The van der Waals surface area contributed by atoms with Crippen LogP contribution in [0.5, 0.6) is 0 Å². The molecular weight excluding hydrogens is 308 g/mol. The summed E-state index contributed by atoms with van der Waals surface area (Å²) in [6.45, 7) is 4.40. The van der Waals surface area contributed by atoms with E-state index in [4.69, 9.17) is 9.47 Å². The first-order valence-electron chi connectivity index (χ1n) is 7.42. The molecule has 7 heteroatoms. The molecule has 126 valence electrons. The number of carbonyl (C=O) groups excluding carboxylic acids is 1. The predicted molar refractivity (Wildman–Crippen MR) is 83.6 cm³/mol. The molecule has 0 amide bonds. The average Bonchev–Trinajstić information content (AvgIpc) is 2.96. The highest BCUT2D eigenvalue weighted by Gasteiger charge is 2.44. The SMILES string of the molecule is CCSC(=O)C=CCCC(C)C(O)(CC1OCCO1)C(=O)O. The lowest BCUT2D eigenvalue weighted by Gasteiger charge is -2.31. The molecule has 2 atom stereocenters. The van der Waals surface area contributed by atoms with Crippen LogP contribution in [0.15, 0.2) is 12.2 Å². The van der Waals surface area contributed by atoms with Gasteiger partial charge in [-0.1, -0.05) is 31.7 Å². The first-order valence-corrected chi connectivity index (χ1v) is 8.41. The van der Waals surface area contributed by atoms with E-state index in [9.17, 15) is 19.8 Å². The molecule has 1 saturated heterocycles. The second kappa shape index (κ2) is 9.29. The lowest BCUT2D eigenvalue weighted by atomic mass is 9.82. The molecule has 2 N–H and O–H groups in total. The minimum absolute atomic E-state index is 0.0172. The van der Waals surface area contributed by atoms with Gasteiger partial charge in [-0.3, -0.25) is 4.79 Å². The van der Waals surface area contributed by atoms with E-state index in [1.807, 2.05) is 6.92 Å². The summed E-state index contributed by atoms with van der Waals surface area (Å²) < 4.78 is 10.5. The number of hydrogen-bond donors (Lipinski definition) is 2. The Labute approximate surface area is 134 Å². The van der Waals surface area contributed by atoms with Crippen LogP contribution in [0.3, 0.4) is 0 Å². The van der Waals surface area contributed by atoms with E-state index in [0.29, 0.717) is 26.1 Å². The fraction of sp³-hybridized carbons (Fsp3) is 0.733. The molecule has 0 spiro atoms. The van der Waals surface area contributed by atoms with Gasteiger partial charge in [0, 0.05) is 6.42 Å². The van der Waals surface area contributed by atoms with Gasteiger partial charge in [0.25, 0.3) is 0 Å². The molecule has 6 nitrogen and oxygen atoms in total. The highest BCUT2D eigenvalue weighted by atomic mass is 32.2. The monoisotopic (exact) mass is 332 g/mol. The second-order valence-corrected chi connectivity index (χ2v) is 6.51. The van der Waals surface area contributed by atoms with Crippen molar-refractivity contribution >= 4 is 22.8 Å². The van der Waals surface area contributed by atoms with Crippen LogP contribution in [0.1, 0.15) is 33.1 Å². The summed E-state index contributed by atoms with van der Waals surface area (Å²) in [5.74, 6) is -1.04. The van der Waals surface area contributed by atoms with Crippen LogP contribution in [0.2, 0.25) is 0 Å². The minimum atomic E-state index is -1.90. The van der Waals surface area contributed by atoms with E-state index in [0.717, 1.165) is 5.75 Å². The van der Waals surface area contributed by atoms with E-state index in [1.165, 1.54) is 17.8 Å². The van der Waals surface area contributed by atoms with Crippen LogP contribution in [0.4, 0.5) is 0 Å². The predicted octanol–water partition coefficient (Wildman–Crippen LogP) is 1.82. The third-order valence-corrected chi connectivity index (χ3v) is 4.37. The average molecular weight is 332 g/mol. The van der Waals surface area contributed by atoms with E-state index in [1.54, 1.807) is 13.0 Å². The maximum Gasteiger partial charge on any atom is 0.336 e. The van der Waals surface area contributed by atoms with Gasteiger partial charge in [-0.2, -0.15) is 0 Å². The lowest BCUT2D eigenvalue weighted by molar-refractivity contribution is -0.177. The van der Waals surface area contributed by atoms with Crippen LogP contribution in [-0.2, 0) is 19.1 Å². The van der Waals surface area contributed by atoms with E-state index >= 15 is 0 Å². The zero-order chi connectivity index (χ0) is 16.6. The van der Waals surface area contributed by atoms with Crippen LogP contribution >= 0.6 is 11.8 Å². The van der Waals surface area contributed by atoms with E-state index < -0.39 is 23.8 Å². The van der Waals surface area contributed by atoms with Gasteiger partial charge < -0.3 is 19.7 Å². The highest BCUT2D eigenvalue weighted by Crippen LogP contribution is 2.30. The van der Waals surface area contributed by atoms with E-state index in [-0.39, 0.29) is 11.5 Å². The normalized spacial score (nSPS) is 20.1. The van der Waals surface area contributed by atoms with Gasteiger partial charge in [-0.05, 0) is 30.6 Å². The minimum Gasteiger partial charge on any atom is -0.479 e. The summed E-state index contributed by atoms with van der Waals surface area (Å²) in [5.41, 5.74) is -1.90. The van der Waals surface area contributed by atoms with Crippen molar-refractivity contribution < 1.29 is 29.3 Å². The van der Waals surface area contributed by atoms with E-state index in [2.05, 4.69) is 0 Å². The fourth-order valence-corrected chi connectivity index (χ4v) is 2.71. The number of aliphatic hydroxyl groups is 1. The van der Waals surface area contributed by atoms with Crippen molar-refractivity contribution in [1.29, 1.82) is 0 Å². The van der Waals surface area contributed by atoms with Gasteiger partial charge in [0.05, 0.1) is 13.2 Å². The summed E-state index contributed by atoms with van der Waals surface area (Å²) in [6, 6.07) is 0. The Bertz CT molecular complexity index is 405. The Kier molecular flexibility index (Phi) is 8.09. The van der Waals surface area contributed by atoms with Gasteiger partial charge in [0.1, 0.15) is 0 Å². The van der Waals surface area contributed by atoms with Crippen molar-refractivity contribution in [3.63, 3.8) is 0 Å². The molecule has 0 aromatic rings. The van der Waals surface area contributed by atoms with Gasteiger partial charge in [0.15, 0.2) is 11.9 Å². The Morgan fingerprint density at radius 1 is 1.41 bits per heavy atom. The van der Waals surface area contributed by atoms with Crippen LogP contribution in [-0.4, -0.2) is 52.2 Å². The number of thioether (sulfide) groups is 1. The van der Waals surface area contributed by atoms with Crippen molar-refractivity contribution in [2.24, 2.45) is 5.92 Å². The topological polar surface area (TPSA) is 93.1 Å². The van der Waals surface area contributed by atoms with Crippen LogP contribution in [0, 0.1) is 5.92 Å². The molecule has 2 unspecified atom stereocenters. The molecule has 0 bridgehead atoms. The van der Waals surface area contributed by atoms with Crippen molar-refractivity contribution in [3.05, 3.63) is 12.2 Å². The molecule has 1 aliphatic heterocycles. The maximum absolute atomic E-state index is 11.4. The quantitative estimate of drug-likeness (QED) is 0.622. The van der Waals surface area contributed by atoms with Gasteiger partial charge in [-0.25, -0.2) is 4.79 Å². The van der Waals surface area contributed by atoms with Gasteiger partial charge >= 0.3 is 5.97 Å². The number of carboxylic acid groups (broad SMARTS) is 1. The summed E-state index contributed by atoms with van der Waals surface area (Å²) in [6.07, 6.45) is 3.41. The number of carboxylic acids is 1. The van der Waals surface area contributed by atoms with Gasteiger partial charge in [-0.15, -0.1) is 0 Å². The number of rotatable bonds is 9. The molecule has 1 heterocycles. The summed E-state index contributed by atoms with van der Waals surface area (Å²) in [5, 5.41) is 19.8. The molecule has 1 aliphatic rings. The highest BCUT2D eigenvalue weighted by molar-refractivity contribution is 8.14. The summed E-state index contributed by atoms with van der Waals surface area (Å²) in [4.78, 5) is 22.8. The molecule has 0 radical (unpaired) electrons. The third kappa shape index (κ3) is 5.72. The van der Waals surface area contributed by atoms with Crippen molar-refractivity contribution in [3.8, 4) is 0 Å². The first kappa shape index (κ1) is 19.2. The second-order valence-electron chi connectivity index (χ2n) is 5.24. The zero-order valence-electron chi connectivity index (χ0n) is 13.0. The van der Waals surface area contributed by atoms with Crippen molar-refractivity contribution in [2.45, 2.75) is 45.0 Å². The first-order chi connectivity index (χ1) is 10.4. The standard InChI is InChI=1S/C15H24O6S/c1-3-22-12(16)7-5-4-6-11(2)15(19,14(17)18)10-13-20-8-9-21-13/h5,7,11,13,19H,3-4,6,8-10H2,1-2H3,(H,17,18). The largest absolute Gasteiger partial charge is 0.479 e. The molecule has 1 fully saturated rings. The molecule has 0 aromatic heterocycles. The summed E-state index contributed by atoms with van der Waals surface area (Å²) in [7, 11) is 0. The number of carbonyl (C=O) groups is 2. The Hall–Kier alpha value is -0.890. The molecule has 0 saturated carbocycles. The molecular formula is C15H24O6S. The van der Waals surface area contributed by atoms with Crippen molar-refractivity contribution in [1.82, 2.24) is 0 Å². The third-order valence-electron chi connectivity index (χ3n) is 3.66. The lowest BCUT2D eigenvalue weighted by Crippen LogP contribution is -2.47. The smallest absolute Gasteiger partial charge is 0.336 e. The Morgan fingerprint density at radius 2 is 2.05 bits per heavy atom. The Balaban J connectivity index is 2.51. The maximum atomic E-state index is 11.4. The molecule has 0 aliphatic carbocycles. The molecule has 22 heavy (non-hydrogen) atoms. The fourth-order valence-electron chi connectivity index (χ4n) is 2.23. The van der Waals surface area contributed by atoms with Crippen LogP contribution < -0.4 is 0 Å². The molecule has 0 aromatic carbocycles. The van der Waals surface area contributed by atoms with Crippen molar-refractivity contribution in [2.75, 3.05) is 19.0 Å².